The van der Waals surface area contributed by atoms with Crippen LogP contribution in [0, 0.1) is 0 Å². The summed E-state index contributed by atoms with van der Waals surface area (Å²) in [7, 11) is 0. The highest BCUT2D eigenvalue weighted by atomic mass is 79.9. The van der Waals surface area contributed by atoms with Crippen molar-refractivity contribution in [2.75, 3.05) is 13.2 Å². The molecule has 0 spiro atoms. The third-order valence-corrected chi connectivity index (χ3v) is 2.95. The molecular formula is C11H13BrN2O2. The lowest BCUT2D eigenvalue weighted by molar-refractivity contribution is 0.0468. The predicted octanol–water partition coefficient (Wildman–Crippen LogP) is 1.93. The van der Waals surface area contributed by atoms with Gasteiger partial charge in [0.25, 0.3) is 0 Å². The van der Waals surface area contributed by atoms with Gasteiger partial charge in [0, 0.05) is 13.0 Å². The van der Waals surface area contributed by atoms with Gasteiger partial charge in [0.05, 0.1) is 10.2 Å². The summed E-state index contributed by atoms with van der Waals surface area (Å²) in [6.07, 6.45) is 0.728. The van der Waals surface area contributed by atoms with E-state index in [0.29, 0.717) is 13.2 Å². The van der Waals surface area contributed by atoms with Gasteiger partial charge in [-0.25, -0.2) is 0 Å². The van der Waals surface area contributed by atoms with E-state index in [-0.39, 0.29) is 6.10 Å². The Kier molecular flexibility index (Phi) is 3.79. The number of oxime groups is 1. The predicted molar refractivity (Wildman–Crippen MR) is 65.6 cm³/mol. The fraction of sp³-hybridized carbons (Fsp3) is 0.364. The van der Waals surface area contributed by atoms with Crippen LogP contribution in [0.25, 0.3) is 0 Å². The van der Waals surface area contributed by atoms with E-state index in [1.807, 2.05) is 24.3 Å². The van der Waals surface area contributed by atoms with E-state index >= 15 is 0 Å². The number of halogens is 1. The monoisotopic (exact) mass is 284 g/mol. The summed E-state index contributed by atoms with van der Waals surface area (Å²) in [5.41, 5.74) is 6.36. The lowest BCUT2D eigenvalue weighted by Crippen LogP contribution is -2.20. The van der Waals surface area contributed by atoms with Crippen molar-refractivity contribution in [3.8, 4) is 5.75 Å². The standard InChI is InChI=1S/C11H13BrN2O2/c12-10-3-1-2-4-11(10)15-7-9-5-8(6-13)14-16-9/h1-4,9H,5-7,13H2. The van der Waals surface area contributed by atoms with Gasteiger partial charge in [-0.05, 0) is 28.1 Å². The second-order valence-corrected chi connectivity index (χ2v) is 4.39. The first-order chi connectivity index (χ1) is 7.79. The minimum Gasteiger partial charge on any atom is -0.488 e. The molecule has 1 aromatic rings. The molecule has 0 saturated carbocycles. The molecular weight excluding hydrogens is 272 g/mol. The Morgan fingerprint density at radius 2 is 2.31 bits per heavy atom. The molecule has 16 heavy (non-hydrogen) atoms. The molecule has 4 nitrogen and oxygen atoms in total. The molecule has 86 valence electrons. The van der Waals surface area contributed by atoms with E-state index in [0.717, 1.165) is 22.4 Å². The molecule has 1 atom stereocenters. The Morgan fingerprint density at radius 3 is 3.00 bits per heavy atom. The van der Waals surface area contributed by atoms with Crippen LogP contribution in [-0.4, -0.2) is 25.0 Å². The van der Waals surface area contributed by atoms with Crippen LogP contribution in [0.5, 0.6) is 5.75 Å². The van der Waals surface area contributed by atoms with Crippen molar-refractivity contribution in [1.82, 2.24) is 0 Å². The Labute approximate surface area is 103 Å². The smallest absolute Gasteiger partial charge is 0.166 e. The Hall–Kier alpha value is -1.07. The minimum atomic E-state index is -0.0225. The van der Waals surface area contributed by atoms with Gasteiger partial charge in [-0.15, -0.1) is 0 Å². The van der Waals surface area contributed by atoms with Gasteiger partial charge in [0.15, 0.2) is 6.10 Å². The molecule has 0 radical (unpaired) electrons. The summed E-state index contributed by atoms with van der Waals surface area (Å²) in [4.78, 5) is 5.19. The molecule has 0 bridgehead atoms. The van der Waals surface area contributed by atoms with E-state index in [2.05, 4.69) is 21.1 Å². The largest absolute Gasteiger partial charge is 0.488 e. The number of rotatable bonds is 4. The molecule has 1 aliphatic heterocycles. The summed E-state index contributed by atoms with van der Waals surface area (Å²) in [5.74, 6) is 0.812. The highest BCUT2D eigenvalue weighted by molar-refractivity contribution is 9.10. The first-order valence-electron chi connectivity index (χ1n) is 5.08. The van der Waals surface area contributed by atoms with Crippen molar-refractivity contribution in [2.45, 2.75) is 12.5 Å². The molecule has 2 rings (SSSR count). The van der Waals surface area contributed by atoms with E-state index in [1.54, 1.807) is 0 Å². The third-order valence-electron chi connectivity index (χ3n) is 2.29. The number of hydrogen-bond donors (Lipinski definition) is 1. The molecule has 1 aliphatic rings. The maximum atomic E-state index is 5.63. The van der Waals surface area contributed by atoms with E-state index in [4.69, 9.17) is 15.3 Å². The first kappa shape index (κ1) is 11.4. The normalized spacial score (nSPS) is 19.1. The number of para-hydroxylation sites is 1. The fourth-order valence-electron chi connectivity index (χ4n) is 1.44. The zero-order chi connectivity index (χ0) is 11.4. The van der Waals surface area contributed by atoms with E-state index < -0.39 is 0 Å². The summed E-state index contributed by atoms with van der Waals surface area (Å²) < 4.78 is 6.57. The molecule has 1 aromatic carbocycles. The molecule has 0 fully saturated rings. The van der Waals surface area contributed by atoms with Crippen LogP contribution in [0.3, 0.4) is 0 Å². The highest BCUT2D eigenvalue weighted by Gasteiger charge is 2.20. The van der Waals surface area contributed by atoms with Crippen molar-refractivity contribution in [3.05, 3.63) is 28.7 Å². The lowest BCUT2D eigenvalue weighted by atomic mass is 10.2. The van der Waals surface area contributed by atoms with Gasteiger partial charge in [-0.1, -0.05) is 17.3 Å². The zero-order valence-corrected chi connectivity index (χ0v) is 10.3. The summed E-state index contributed by atoms with van der Waals surface area (Å²) in [6, 6.07) is 7.71. The molecule has 0 aromatic heterocycles. The Balaban J connectivity index is 1.83. The first-order valence-corrected chi connectivity index (χ1v) is 5.88. The minimum absolute atomic E-state index is 0.0225. The number of benzene rings is 1. The highest BCUT2D eigenvalue weighted by Crippen LogP contribution is 2.24. The summed E-state index contributed by atoms with van der Waals surface area (Å²) in [5, 5.41) is 3.87. The molecule has 0 amide bonds. The van der Waals surface area contributed by atoms with Crippen LogP contribution >= 0.6 is 15.9 Å². The average molecular weight is 285 g/mol. The SMILES string of the molecule is NCC1=NOC(COc2ccccc2Br)C1. The third kappa shape index (κ3) is 2.74. The van der Waals surface area contributed by atoms with Gasteiger partial charge >= 0.3 is 0 Å². The molecule has 5 heteroatoms. The van der Waals surface area contributed by atoms with Crippen molar-refractivity contribution < 1.29 is 9.57 Å². The number of hydrogen-bond acceptors (Lipinski definition) is 4. The average Bonchev–Trinajstić information content (AvgIpc) is 2.76. The van der Waals surface area contributed by atoms with Gasteiger partial charge in [-0.2, -0.15) is 0 Å². The van der Waals surface area contributed by atoms with Crippen LogP contribution in [0.15, 0.2) is 33.9 Å². The number of ether oxygens (including phenoxy) is 1. The van der Waals surface area contributed by atoms with Crippen molar-refractivity contribution in [2.24, 2.45) is 10.9 Å². The Bertz CT molecular complexity index is 395. The van der Waals surface area contributed by atoms with Gasteiger partial charge in [0.1, 0.15) is 12.4 Å². The molecule has 1 unspecified atom stereocenters. The van der Waals surface area contributed by atoms with Crippen LogP contribution in [0.2, 0.25) is 0 Å². The summed E-state index contributed by atoms with van der Waals surface area (Å²) >= 11 is 3.42. The van der Waals surface area contributed by atoms with Crippen molar-refractivity contribution >= 4 is 21.6 Å². The van der Waals surface area contributed by atoms with Gasteiger partial charge < -0.3 is 15.3 Å². The van der Waals surface area contributed by atoms with Crippen molar-refractivity contribution in [3.63, 3.8) is 0 Å². The second kappa shape index (κ2) is 5.32. The molecule has 0 saturated heterocycles. The molecule has 0 aliphatic carbocycles. The van der Waals surface area contributed by atoms with E-state index in [9.17, 15) is 0 Å². The second-order valence-electron chi connectivity index (χ2n) is 3.53. The quantitative estimate of drug-likeness (QED) is 0.919. The summed E-state index contributed by atoms with van der Waals surface area (Å²) in [6.45, 7) is 0.932. The zero-order valence-electron chi connectivity index (χ0n) is 8.73. The lowest BCUT2D eigenvalue weighted by Gasteiger charge is -2.11. The topological polar surface area (TPSA) is 56.8 Å². The van der Waals surface area contributed by atoms with Crippen molar-refractivity contribution in [1.29, 1.82) is 0 Å². The van der Waals surface area contributed by atoms with Gasteiger partial charge in [-0.3, -0.25) is 0 Å². The van der Waals surface area contributed by atoms with Gasteiger partial charge in [0.2, 0.25) is 0 Å². The maximum absolute atomic E-state index is 5.63. The number of nitrogens with zero attached hydrogens (tertiary/aromatic N) is 1. The maximum Gasteiger partial charge on any atom is 0.166 e. The molecule has 1 heterocycles. The van der Waals surface area contributed by atoms with Crippen LogP contribution < -0.4 is 10.5 Å². The van der Waals surface area contributed by atoms with Crippen LogP contribution in [-0.2, 0) is 4.84 Å². The molecule has 2 N–H and O–H groups in total. The fourth-order valence-corrected chi connectivity index (χ4v) is 1.84. The van der Waals surface area contributed by atoms with E-state index in [1.165, 1.54) is 0 Å². The number of nitrogens with two attached hydrogens (primary N) is 1. The van der Waals surface area contributed by atoms with Crippen LogP contribution in [0.4, 0.5) is 0 Å². The Morgan fingerprint density at radius 1 is 1.50 bits per heavy atom. The van der Waals surface area contributed by atoms with Crippen LogP contribution in [0.1, 0.15) is 6.42 Å².